The zero-order valence-corrected chi connectivity index (χ0v) is 13.3. The molecule has 0 saturated carbocycles. The molecule has 7 heteroatoms. The third-order valence-corrected chi connectivity index (χ3v) is 3.98. The van der Waals surface area contributed by atoms with Crippen molar-refractivity contribution in [3.8, 4) is 0 Å². The fourth-order valence-corrected chi connectivity index (χ4v) is 2.72. The summed E-state index contributed by atoms with van der Waals surface area (Å²) in [5.41, 5.74) is 7.85. The lowest BCUT2D eigenvalue weighted by molar-refractivity contribution is 0.0103. The molecule has 1 aromatic carbocycles. The van der Waals surface area contributed by atoms with Crippen LogP contribution in [-0.4, -0.2) is 41.5 Å². The van der Waals surface area contributed by atoms with E-state index in [2.05, 4.69) is 15.0 Å². The number of amidine groups is 1. The summed E-state index contributed by atoms with van der Waals surface area (Å²) in [5, 5.41) is 6.94. The van der Waals surface area contributed by atoms with Gasteiger partial charge in [-0.05, 0) is 12.0 Å². The summed E-state index contributed by atoms with van der Waals surface area (Å²) in [7, 11) is 0. The van der Waals surface area contributed by atoms with E-state index in [-0.39, 0.29) is 17.9 Å². The number of hydrogen-bond donors (Lipinski definition) is 3. The smallest absolute Gasteiger partial charge is 0.173 e. The molecule has 2 atom stereocenters. The molecule has 24 heavy (non-hydrogen) atoms. The number of aliphatic imine (C=N–C) groups is 1. The van der Waals surface area contributed by atoms with Crippen molar-refractivity contribution in [1.82, 2.24) is 9.97 Å². The van der Waals surface area contributed by atoms with Crippen LogP contribution in [0, 0.1) is 5.41 Å². The van der Waals surface area contributed by atoms with E-state index in [0.717, 1.165) is 24.0 Å². The SMILES string of the molecule is N=C/N=C(/N)c1ncc(C2CO[C@H](COCc3ccccc3)C2)[nH]1. The number of H-pyrrole nitrogens is 1. The zero-order valence-electron chi connectivity index (χ0n) is 13.3. The van der Waals surface area contributed by atoms with E-state index in [4.69, 9.17) is 20.6 Å². The van der Waals surface area contributed by atoms with E-state index in [1.165, 1.54) is 0 Å². The average Bonchev–Trinajstić information content (AvgIpc) is 3.25. The zero-order chi connectivity index (χ0) is 16.8. The molecule has 4 N–H and O–H groups in total. The molecule has 126 valence electrons. The van der Waals surface area contributed by atoms with Crippen molar-refractivity contribution < 1.29 is 9.47 Å². The van der Waals surface area contributed by atoms with Crippen LogP contribution < -0.4 is 5.73 Å². The van der Waals surface area contributed by atoms with Crippen molar-refractivity contribution in [2.45, 2.75) is 25.0 Å². The number of imidazole rings is 1. The Morgan fingerprint density at radius 1 is 1.46 bits per heavy atom. The van der Waals surface area contributed by atoms with Crippen LogP contribution in [-0.2, 0) is 16.1 Å². The lowest BCUT2D eigenvalue weighted by Gasteiger charge is -2.10. The Balaban J connectivity index is 1.48. The first-order valence-corrected chi connectivity index (χ1v) is 7.87. The molecular formula is C17H21N5O2. The number of ether oxygens (including phenoxy) is 2. The van der Waals surface area contributed by atoms with E-state index in [1.807, 2.05) is 30.3 Å². The number of hydrogen-bond acceptors (Lipinski definition) is 4. The quantitative estimate of drug-likeness (QED) is 0.532. The molecular weight excluding hydrogens is 306 g/mol. The van der Waals surface area contributed by atoms with Crippen LogP contribution >= 0.6 is 0 Å². The number of nitrogens with zero attached hydrogens (tertiary/aromatic N) is 2. The molecule has 1 aliphatic heterocycles. The molecule has 0 spiro atoms. The van der Waals surface area contributed by atoms with Crippen molar-refractivity contribution >= 4 is 12.2 Å². The van der Waals surface area contributed by atoms with Crippen molar-refractivity contribution in [1.29, 1.82) is 5.41 Å². The second kappa shape index (κ2) is 7.85. The predicted molar refractivity (Wildman–Crippen MR) is 91.3 cm³/mol. The van der Waals surface area contributed by atoms with Gasteiger partial charge >= 0.3 is 0 Å². The van der Waals surface area contributed by atoms with Gasteiger partial charge in [-0.15, -0.1) is 0 Å². The van der Waals surface area contributed by atoms with E-state index in [0.29, 0.717) is 25.6 Å². The normalized spacial score (nSPS) is 21.1. The highest BCUT2D eigenvalue weighted by Gasteiger charge is 2.28. The molecule has 1 fully saturated rings. The van der Waals surface area contributed by atoms with E-state index < -0.39 is 0 Å². The van der Waals surface area contributed by atoms with Crippen molar-refractivity contribution in [3.63, 3.8) is 0 Å². The van der Waals surface area contributed by atoms with Gasteiger partial charge in [-0.25, -0.2) is 9.98 Å². The Bertz CT molecular complexity index is 698. The summed E-state index contributed by atoms with van der Waals surface area (Å²) in [6, 6.07) is 10.1. The van der Waals surface area contributed by atoms with E-state index in [1.54, 1.807) is 6.20 Å². The standard InChI is InChI=1S/C17H21N5O2/c18-11-21-16(19)17-20-7-15(22-17)13-6-14(24-9-13)10-23-8-12-4-2-1-3-5-12/h1-5,7,11,13-14H,6,8-10H2,(H,20,22)(H3,18,19,21)/t13?,14-/m0/s1. The first kappa shape index (κ1) is 16.4. The topological polar surface area (TPSA) is 109 Å². The van der Waals surface area contributed by atoms with E-state index >= 15 is 0 Å². The molecule has 1 unspecified atom stereocenters. The summed E-state index contributed by atoms with van der Waals surface area (Å²) >= 11 is 0. The third kappa shape index (κ3) is 4.06. The highest BCUT2D eigenvalue weighted by molar-refractivity contribution is 5.98. The second-order valence-corrected chi connectivity index (χ2v) is 5.72. The van der Waals surface area contributed by atoms with Gasteiger partial charge in [0.05, 0.1) is 25.9 Å². The van der Waals surface area contributed by atoms with Gasteiger partial charge in [0.15, 0.2) is 11.7 Å². The van der Waals surface area contributed by atoms with Gasteiger partial charge in [0.2, 0.25) is 0 Å². The van der Waals surface area contributed by atoms with Gasteiger partial charge in [-0.2, -0.15) is 0 Å². The molecule has 7 nitrogen and oxygen atoms in total. The fraction of sp³-hybridized carbons (Fsp3) is 0.353. The summed E-state index contributed by atoms with van der Waals surface area (Å²) in [6.07, 6.45) is 3.61. The van der Waals surface area contributed by atoms with Crippen LogP contribution in [0.4, 0.5) is 0 Å². The summed E-state index contributed by atoms with van der Waals surface area (Å²) < 4.78 is 11.6. The predicted octanol–water partition coefficient (Wildman–Crippen LogP) is 1.81. The van der Waals surface area contributed by atoms with Gasteiger partial charge in [-0.1, -0.05) is 30.3 Å². The van der Waals surface area contributed by atoms with E-state index in [9.17, 15) is 0 Å². The van der Waals surface area contributed by atoms with Crippen LogP contribution in [0.2, 0.25) is 0 Å². The molecule has 1 saturated heterocycles. The first-order valence-electron chi connectivity index (χ1n) is 7.87. The Kier molecular flexibility index (Phi) is 5.35. The highest BCUT2D eigenvalue weighted by Crippen LogP contribution is 2.28. The molecule has 1 aliphatic rings. The third-order valence-electron chi connectivity index (χ3n) is 3.98. The van der Waals surface area contributed by atoms with Gasteiger partial charge in [0.1, 0.15) is 6.34 Å². The van der Waals surface area contributed by atoms with Crippen molar-refractivity contribution in [3.05, 3.63) is 53.6 Å². The number of rotatable bonds is 7. The Morgan fingerprint density at radius 3 is 3.08 bits per heavy atom. The summed E-state index contributed by atoms with van der Waals surface area (Å²) in [4.78, 5) is 11.1. The number of nitrogens with two attached hydrogens (primary N) is 1. The molecule has 0 radical (unpaired) electrons. The lowest BCUT2D eigenvalue weighted by atomic mass is 10.0. The lowest BCUT2D eigenvalue weighted by Crippen LogP contribution is -2.15. The molecule has 1 aromatic heterocycles. The highest BCUT2D eigenvalue weighted by atomic mass is 16.5. The molecule has 2 heterocycles. The van der Waals surface area contributed by atoms with Crippen LogP contribution in [0.5, 0.6) is 0 Å². The summed E-state index contributed by atoms with van der Waals surface area (Å²) in [5.74, 6) is 0.930. The summed E-state index contributed by atoms with van der Waals surface area (Å²) in [6.45, 7) is 1.79. The largest absolute Gasteiger partial charge is 0.381 e. The molecule has 3 rings (SSSR count). The maximum absolute atomic E-state index is 6.94. The minimum Gasteiger partial charge on any atom is -0.381 e. The van der Waals surface area contributed by atoms with Gasteiger partial charge in [-0.3, -0.25) is 5.41 Å². The number of benzene rings is 1. The van der Waals surface area contributed by atoms with Crippen molar-refractivity contribution in [2.75, 3.05) is 13.2 Å². The molecule has 2 aromatic rings. The minimum atomic E-state index is 0.0815. The van der Waals surface area contributed by atoms with Gasteiger partial charge < -0.3 is 20.2 Å². The monoisotopic (exact) mass is 327 g/mol. The Morgan fingerprint density at radius 2 is 2.29 bits per heavy atom. The second-order valence-electron chi connectivity index (χ2n) is 5.72. The Hall–Kier alpha value is -2.51. The van der Waals surface area contributed by atoms with Crippen LogP contribution in [0.25, 0.3) is 0 Å². The average molecular weight is 327 g/mol. The molecule has 0 bridgehead atoms. The maximum atomic E-state index is 6.94. The number of nitrogens with one attached hydrogen (secondary N) is 2. The van der Waals surface area contributed by atoms with Crippen molar-refractivity contribution in [2.24, 2.45) is 10.7 Å². The van der Waals surface area contributed by atoms with Crippen LogP contribution in [0.1, 0.15) is 29.4 Å². The number of aromatic nitrogens is 2. The fourth-order valence-electron chi connectivity index (χ4n) is 2.72. The molecule has 0 aliphatic carbocycles. The van der Waals surface area contributed by atoms with Gasteiger partial charge in [0, 0.05) is 17.8 Å². The minimum absolute atomic E-state index is 0.0815. The molecule has 0 amide bonds. The maximum Gasteiger partial charge on any atom is 0.173 e. The van der Waals surface area contributed by atoms with Crippen LogP contribution in [0.15, 0.2) is 41.5 Å². The number of aromatic amines is 1. The van der Waals surface area contributed by atoms with Gasteiger partial charge in [0.25, 0.3) is 0 Å². The van der Waals surface area contributed by atoms with Crippen LogP contribution in [0.3, 0.4) is 0 Å². The Labute approximate surface area is 140 Å². The first-order chi connectivity index (χ1) is 11.8.